The molecule has 0 bridgehead atoms. The Morgan fingerprint density at radius 1 is 1.85 bits per heavy atom. The van der Waals surface area contributed by atoms with E-state index in [-0.39, 0.29) is 10.8 Å². The van der Waals surface area contributed by atoms with E-state index in [2.05, 4.69) is 20.9 Å². The zero-order chi connectivity index (χ0) is 16.3. The number of rotatable bonds is 2. The number of likely N-dealkylation sites (tertiary alicyclic amines) is 1. The zero-order valence-corrected chi connectivity index (χ0v) is 8.00. The highest BCUT2D eigenvalue weighted by atomic mass is 79.9. The molecule has 1 fully saturated rings. The highest BCUT2D eigenvalue weighted by Gasteiger charge is 2.24. The number of aromatic nitrogens is 1. The normalized spacial score (nSPS) is 38.5. The van der Waals surface area contributed by atoms with Gasteiger partial charge in [-0.1, -0.05) is 0 Å². The molecule has 1 aromatic rings. The molecule has 2 heterocycles. The van der Waals surface area contributed by atoms with Gasteiger partial charge >= 0.3 is 0 Å². The second-order valence-electron chi connectivity index (χ2n) is 2.30. The fourth-order valence-corrected chi connectivity index (χ4v) is 1.01. The maximum atomic E-state index is 7.95. The largest absolute Gasteiger partial charge is 0.472 e. The molecule has 0 atom stereocenters. The second-order valence-corrected chi connectivity index (χ2v) is 3.22. The minimum atomic E-state index is -3.03. The Morgan fingerprint density at radius 3 is 3.31 bits per heavy atom. The molecule has 0 radical (unpaired) electrons. The van der Waals surface area contributed by atoms with Crippen LogP contribution in [0.1, 0.15) is 11.0 Å². The van der Waals surface area contributed by atoms with E-state index in [0.717, 1.165) is 0 Å². The fraction of sp³-hybridized carbons (Fsp3) is 0.444. The van der Waals surface area contributed by atoms with Gasteiger partial charge in [0.25, 0.3) is 0 Å². The Hall–Kier alpha value is -0.610. The van der Waals surface area contributed by atoms with Crippen molar-refractivity contribution >= 4 is 15.9 Å². The predicted octanol–water partition coefficient (Wildman–Crippen LogP) is 1.54. The first-order valence-electron chi connectivity index (χ1n) is 7.45. The van der Waals surface area contributed by atoms with E-state index in [1.807, 2.05) is 0 Å². The zero-order valence-electron chi connectivity index (χ0n) is 14.4. The monoisotopic (exact) mass is 250 g/mol. The van der Waals surface area contributed by atoms with E-state index in [0.29, 0.717) is 4.47 Å². The first kappa shape index (κ1) is 3.51. The smallest absolute Gasteiger partial charge is 0.213 e. The van der Waals surface area contributed by atoms with E-state index in [9.17, 15) is 0 Å². The van der Waals surface area contributed by atoms with E-state index < -0.39 is 26.0 Å². The van der Waals surface area contributed by atoms with Gasteiger partial charge in [-0.05, 0) is 29.0 Å². The maximum Gasteiger partial charge on any atom is 0.213 e. The highest BCUT2D eigenvalue weighted by molar-refractivity contribution is 9.10. The Labute approximate surface area is 97.1 Å². The van der Waals surface area contributed by atoms with Crippen LogP contribution in [0.4, 0.5) is 0 Å². The lowest BCUT2D eigenvalue weighted by Gasteiger charge is -2.35. The maximum absolute atomic E-state index is 7.95. The fourth-order valence-electron chi connectivity index (χ4n) is 0.776. The molecular weight excluding hydrogens is 232 g/mol. The lowest BCUT2D eigenvalue weighted by molar-refractivity contribution is 0.0355. The third kappa shape index (κ3) is 2.19. The summed E-state index contributed by atoms with van der Waals surface area (Å²) in [4.78, 5) is 3.79. The Balaban J connectivity index is 2.36. The molecule has 1 aliphatic heterocycles. The molecule has 13 heavy (non-hydrogen) atoms. The molecule has 2 rings (SSSR count). The van der Waals surface area contributed by atoms with Crippen LogP contribution in [-0.2, 0) is 0 Å². The van der Waals surface area contributed by atoms with E-state index in [1.165, 1.54) is 18.3 Å². The van der Waals surface area contributed by atoms with Crippen LogP contribution in [0.2, 0.25) is 0 Å². The molecule has 1 aliphatic rings. The van der Waals surface area contributed by atoms with Gasteiger partial charge in [0, 0.05) is 39.3 Å². The quantitative estimate of drug-likeness (QED) is 0.797. The van der Waals surface area contributed by atoms with Gasteiger partial charge in [0.05, 0.1) is 1.37 Å². The number of likely N-dealkylation sites (N-methyl/N-ethyl adjacent to an activating group) is 1. The second kappa shape index (κ2) is 3.64. The van der Waals surface area contributed by atoms with Gasteiger partial charge in [0.2, 0.25) is 5.88 Å². The van der Waals surface area contributed by atoms with E-state index in [1.54, 1.807) is 0 Å². The molecule has 0 aliphatic carbocycles. The van der Waals surface area contributed by atoms with Crippen molar-refractivity contribution in [2.24, 2.45) is 0 Å². The summed E-state index contributed by atoms with van der Waals surface area (Å²) in [6.07, 6.45) is -1.42. The van der Waals surface area contributed by atoms with Gasteiger partial charge in [-0.3, -0.25) is 4.90 Å². The van der Waals surface area contributed by atoms with Crippen LogP contribution in [0.3, 0.4) is 0 Å². The van der Waals surface area contributed by atoms with Gasteiger partial charge in [-0.2, -0.15) is 0 Å². The Kier molecular flexibility index (Phi) is 0.983. The van der Waals surface area contributed by atoms with Crippen LogP contribution in [-0.4, -0.2) is 35.9 Å². The Morgan fingerprint density at radius 2 is 2.69 bits per heavy atom. The van der Waals surface area contributed by atoms with Crippen LogP contribution in [0.15, 0.2) is 22.8 Å². The average molecular weight is 251 g/mol. The summed E-state index contributed by atoms with van der Waals surface area (Å²) >= 11 is 3.14. The van der Waals surface area contributed by atoms with Crippen molar-refractivity contribution < 1.29 is 15.7 Å². The molecule has 4 heteroatoms. The van der Waals surface area contributed by atoms with E-state index >= 15 is 0 Å². The molecule has 70 valence electrons. The number of nitrogens with zero attached hydrogens (tertiary/aromatic N) is 2. The van der Waals surface area contributed by atoms with Crippen LogP contribution >= 0.6 is 15.9 Å². The summed E-state index contributed by atoms with van der Waals surface area (Å²) in [6, 6.07) is 2.85. The van der Waals surface area contributed by atoms with Gasteiger partial charge in [0.15, 0.2) is 0 Å². The van der Waals surface area contributed by atoms with Crippen LogP contribution < -0.4 is 4.74 Å². The molecule has 0 aromatic carbocycles. The molecule has 1 saturated heterocycles. The first-order valence-corrected chi connectivity index (χ1v) is 4.24. The van der Waals surface area contributed by atoms with Crippen molar-refractivity contribution in [3.05, 3.63) is 22.8 Å². The van der Waals surface area contributed by atoms with Crippen molar-refractivity contribution in [3.63, 3.8) is 0 Å². The summed E-state index contributed by atoms with van der Waals surface area (Å²) in [5.74, 6) is -0.175. The van der Waals surface area contributed by atoms with Gasteiger partial charge in [-0.15, -0.1) is 0 Å². The SMILES string of the molecule is [2H]C([2H])([2H])N1C([2H])([2H])C([2H])(Oc2ccc(Br)cn2)C1([2H])[2H]. The minimum Gasteiger partial charge on any atom is -0.472 e. The van der Waals surface area contributed by atoms with Crippen LogP contribution in [0, 0.1) is 0 Å². The molecule has 0 saturated carbocycles. The van der Waals surface area contributed by atoms with Crippen molar-refractivity contribution in [1.29, 1.82) is 0 Å². The minimum absolute atomic E-state index is 0.0128. The number of halogens is 1. The summed E-state index contributed by atoms with van der Waals surface area (Å²) < 4.78 is 66.1. The molecule has 3 nitrogen and oxygen atoms in total. The number of hydrogen-bond acceptors (Lipinski definition) is 3. The lowest BCUT2D eigenvalue weighted by atomic mass is 10.2. The summed E-state index contributed by atoms with van der Waals surface area (Å²) in [7, 11) is 0. The standard InChI is InChI=1S/C9H11BrN2O/c1-12-5-8(6-12)13-9-3-2-7(10)4-11-9/h2-4,8H,5-6H2,1H3/i1D3,5D2,6D2,8D. The molecule has 0 spiro atoms. The molecule has 0 amide bonds. The summed E-state index contributed by atoms with van der Waals surface area (Å²) in [6.45, 7) is -8.74. The number of ether oxygens (including phenoxy) is 1. The highest BCUT2D eigenvalue weighted by Crippen LogP contribution is 2.16. The molecule has 0 unspecified atom stereocenters. The van der Waals surface area contributed by atoms with Crippen LogP contribution in [0.25, 0.3) is 0 Å². The molecule has 1 aromatic heterocycles. The topological polar surface area (TPSA) is 25.4 Å². The lowest BCUT2D eigenvalue weighted by Crippen LogP contribution is -2.51. The van der Waals surface area contributed by atoms with Crippen molar-refractivity contribution in [1.82, 2.24) is 9.88 Å². The predicted molar refractivity (Wildman–Crippen MR) is 53.9 cm³/mol. The summed E-state index contributed by atoms with van der Waals surface area (Å²) in [5.41, 5.74) is 0. The van der Waals surface area contributed by atoms with Crippen molar-refractivity contribution in [3.8, 4) is 5.88 Å². The number of hydrogen-bond donors (Lipinski definition) is 0. The molecule has 0 N–H and O–H groups in total. The third-order valence-corrected chi connectivity index (χ3v) is 1.80. The third-order valence-electron chi connectivity index (χ3n) is 1.33. The number of pyridine rings is 1. The van der Waals surface area contributed by atoms with Gasteiger partial charge in [0.1, 0.15) is 6.08 Å². The van der Waals surface area contributed by atoms with Crippen LogP contribution in [0.5, 0.6) is 5.88 Å². The van der Waals surface area contributed by atoms with Crippen molar-refractivity contribution in [2.75, 3.05) is 20.0 Å². The Bertz CT molecular complexity index is 530. The molecular formula is C9H11BrN2O. The van der Waals surface area contributed by atoms with Gasteiger partial charge in [-0.25, -0.2) is 4.98 Å². The van der Waals surface area contributed by atoms with E-state index in [4.69, 9.17) is 15.7 Å². The average Bonchev–Trinajstić information content (AvgIpc) is 2.28. The summed E-state index contributed by atoms with van der Waals surface area (Å²) in [5, 5.41) is 0. The van der Waals surface area contributed by atoms with Crippen molar-refractivity contribution in [2.45, 2.75) is 6.08 Å². The van der Waals surface area contributed by atoms with Gasteiger partial charge < -0.3 is 4.74 Å². The first-order chi connectivity index (χ1) is 9.34.